The fourth-order valence-electron chi connectivity index (χ4n) is 1.81. The van der Waals surface area contributed by atoms with Crippen LogP contribution in [0.1, 0.15) is 47.5 Å². The van der Waals surface area contributed by atoms with Gasteiger partial charge in [0.15, 0.2) is 0 Å². The standard InChI is InChI=1S/C15H29NO3S/c1-6-18-14(17)8-7-9-19-15(20)16(10-12(2)3)11-13(4)5/h12-13H,6-11H2,1-5H3. The third-order valence-corrected chi connectivity index (χ3v) is 2.86. The lowest BCUT2D eigenvalue weighted by atomic mass is 10.1. The molecule has 4 nitrogen and oxygen atoms in total. The molecular formula is C15H29NO3S. The van der Waals surface area contributed by atoms with E-state index < -0.39 is 0 Å². The number of hydrogen-bond donors (Lipinski definition) is 0. The quantitative estimate of drug-likeness (QED) is 0.371. The van der Waals surface area contributed by atoms with Gasteiger partial charge in [-0.15, -0.1) is 0 Å². The number of thiocarbonyl (C=S) groups is 1. The third-order valence-electron chi connectivity index (χ3n) is 2.49. The van der Waals surface area contributed by atoms with Crippen LogP contribution >= 0.6 is 12.2 Å². The van der Waals surface area contributed by atoms with E-state index in [4.69, 9.17) is 21.7 Å². The van der Waals surface area contributed by atoms with Gasteiger partial charge in [-0.2, -0.15) is 0 Å². The van der Waals surface area contributed by atoms with Gasteiger partial charge < -0.3 is 14.4 Å². The monoisotopic (exact) mass is 303 g/mol. The molecule has 0 aromatic rings. The topological polar surface area (TPSA) is 38.8 Å². The molecule has 0 aliphatic heterocycles. The van der Waals surface area contributed by atoms with Crippen LogP contribution in [0.3, 0.4) is 0 Å². The second-order valence-electron chi connectivity index (χ2n) is 5.72. The summed E-state index contributed by atoms with van der Waals surface area (Å²) in [6.07, 6.45) is 1.01. The number of ether oxygens (including phenoxy) is 2. The van der Waals surface area contributed by atoms with Gasteiger partial charge >= 0.3 is 5.97 Å². The summed E-state index contributed by atoms with van der Waals surface area (Å²) in [5.41, 5.74) is 0. The lowest BCUT2D eigenvalue weighted by molar-refractivity contribution is -0.143. The maximum atomic E-state index is 11.2. The summed E-state index contributed by atoms with van der Waals surface area (Å²) < 4.78 is 10.4. The Kier molecular flexibility index (Phi) is 10.4. The van der Waals surface area contributed by atoms with Crippen LogP contribution in [0, 0.1) is 11.8 Å². The number of carbonyl (C=O) groups is 1. The van der Waals surface area contributed by atoms with Gasteiger partial charge in [-0.3, -0.25) is 4.79 Å². The number of esters is 1. The molecule has 0 atom stereocenters. The molecular weight excluding hydrogens is 274 g/mol. The Hall–Kier alpha value is -0.840. The average molecular weight is 303 g/mol. The highest BCUT2D eigenvalue weighted by Crippen LogP contribution is 2.07. The SMILES string of the molecule is CCOC(=O)CCCOC(=S)N(CC(C)C)CC(C)C. The first kappa shape index (κ1) is 19.2. The van der Waals surface area contributed by atoms with Crippen LogP contribution in [-0.4, -0.2) is 42.3 Å². The van der Waals surface area contributed by atoms with E-state index in [1.165, 1.54) is 0 Å². The number of carbonyl (C=O) groups excluding carboxylic acids is 1. The molecule has 0 rings (SSSR count). The lowest BCUT2D eigenvalue weighted by Gasteiger charge is -2.28. The van der Waals surface area contributed by atoms with Gasteiger partial charge in [-0.05, 0) is 37.4 Å². The van der Waals surface area contributed by atoms with Gasteiger partial charge in [0.2, 0.25) is 0 Å². The summed E-state index contributed by atoms with van der Waals surface area (Å²) in [7, 11) is 0. The van der Waals surface area contributed by atoms with Gasteiger partial charge in [0.1, 0.15) is 0 Å². The molecule has 0 spiro atoms. The van der Waals surface area contributed by atoms with E-state index in [2.05, 4.69) is 32.6 Å². The molecule has 0 heterocycles. The van der Waals surface area contributed by atoms with Crippen molar-refractivity contribution >= 4 is 23.4 Å². The smallest absolute Gasteiger partial charge is 0.305 e. The zero-order chi connectivity index (χ0) is 15.5. The summed E-state index contributed by atoms with van der Waals surface area (Å²) >= 11 is 5.33. The normalized spacial score (nSPS) is 10.8. The molecule has 0 amide bonds. The summed E-state index contributed by atoms with van der Waals surface area (Å²) in [6, 6.07) is 0. The molecule has 0 aromatic heterocycles. The first-order chi connectivity index (χ1) is 9.36. The van der Waals surface area contributed by atoms with Crippen molar-refractivity contribution in [3.05, 3.63) is 0 Å². The van der Waals surface area contributed by atoms with E-state index in [9.17, 15) is 4.79 Å². The van der Waals surface area contributed by atoms with E-state index in [0.717, 1.165) is 13.1 Å². The molecule has 0 N–H and O–H groups in total. The van der Waals surface area contributed by atoms with Gasteiger partial charge in [0.25, 0.3) is 5.17 Å². The van der Waals surface area contributed by atoms with Gasteiger partial charge in [0.05, 0.1) is 13.2 Å². The zero-order valence-electron chi connectivity index (χ0n) is 13.5. The Morgan fingerprint density at radius 2 is 1.65 bits per heavy atom. The van der Waals surface area contributed by atoms with E-state index in [1.807, 2.05) is 0 Å². The molecule has 0 unspecified atom stereocenters. The summed E-state index contributed by atoms with van der Waals surface area (Å²) in [5.74, 6) is 0.896. The Morgan fingerprint density at radius 1 is 1.10 bits per heavy atom. The van der Waals surface area contributed by atoms with Crippen molar-refractivity contribution < 1.29 is 14.3 Å². The molecule has 0 aliphatic carbocycles. The Labute approximate surface area is 128 Å². The van der Waals surface area contributed by atoms with Crippen LogP contribution < -0.4 is 0 Å². The van der Waals surface area contributed by atoms with Crippen molar-refractivity contribution in [2.75, 3.05) is 26.3 Å². The summed E-state index contributed by atoms with van der Waals surface area (Å²) in [4.78, 5) is 13.3. The highest BCUT2D eigenvalue weighted by molar-refractivity contribution is 7.80. The first-order valence-electron chi connectivity index (χ1n) is 7.44. The van der Waals surface area contributed by atoms with Crippen molar-refractivity contribution in [1.29, 1.82) is 0 Å². The maximum absolute atomic E-state index is 11.2. The van der Waals surface area contributed by atoms with Crippen LogP contribution in [0.5, 0.6) is 0 Å². The molecule has 118 valence electrons. The van der Waals surface area contributed by atoms with Crippen LogP contribution in [0.4, 0.5) is 0 Å². The second kappa shape index (κ2) is 10.9. The highest BCUT2D eigenvalue weighted by Gasteiger charge is 2.14. The molecule has 0 aromatic carbocycles. The molecule has 0 fully saturated rings. The van der Waals surface area contributed by atoms with Gasteiger partial charge in [-0.25, -0.2) is 0 Å². The van der Waals surface area contributed by atoms with Crippen molar-refractivity contribution in [2.24, 2.45) is 11.8 Å². The van der Waals surface area contributed by atoms with Crippen LogP contribution in [-0.2, 0) is 14.3 Å². The largest absolute Gasteiger partial charge is 0.471 e. The third kappa shape index (κ3) is 10.0. The molecule has 5 heteroatoms. The van der Waals surface area contributed by atoms with Gasteiger partial charge in [0, 0.05) is 19.5 Å². The predicted octanol–water partition coefficient (Wildman–Crippen LogP) is 3.25. The molecule has 0 aliphatic rings. The molecule has 0 saturated heterocycles. The van der Waals surface area contributed by atoms with Crippen molar-refractivity contribution in [3.8, 4) is 0 Å². The van der Waals surface area contributed by atoms with Crippen LogP contribution in [0.15, 0.2) is 0 Å². The summed E-state index contributed by atoms with van der Waals surface area (Å²) in [5, 5.41) is 0.538. The second-order valence-corrected chi connectivity index (χ2v) is 6.06. The molecule has 0 radical (unpaired) electrons. The van der Waals surface area contributed by atoms with Crippen molar-refractivity contribution in [1.82, 2.24) is 4.90 Å². The average Bonchev–Trinajstić information content (AvgIpc) is 2.32. The van der Waals surface area contributed by atoms with E-state index in [0.29, 0.717) is 43.1 Å². The van der Waals surface area contributed by atoms with E-state index in [-0.39, 0.29) is 5.97 Å². The predicted molar refractivity (Wildman–Crippen MR) is 85.7 cm³/mol. The van der Waals surface area contributed by atoms with Crippen LogP contribution in [0.2, 0.25) is 0 Å². The van der Waals surface area contributed by atoms with E-state index in [1.54, 1.807) is 6.92 Å². The minimum absolute atomic E-state index is 0.178. The molecule has 0 bridgehead atoms. The summed E-state index contributed by atoms with van der Waals surface area (Å²) in [6.45, 7) is 13.1. The Morgan fingerprint density at radius 3 is 2.10 bits per heavy atom. The van der Waals surface area contributed by atoms with Crippen molar-refractivity contribution in [2.45, 2.75) is 47.5 Å². The molecule has 0 saturated carbocycles. The number of nitrogens with zero attached hydrogens (tertiary/aromatic N) is 1. The zero-order valence-corrected chi connectivity index (χ0v) is 14.3. The fraction of sp³-hybridized carbons (Fsp3) is 0.867. The van der Waals surface area contributed by atoms with Crippen LogP contribution in [0.25, 0.3) is 0 Å². The minimum atomic E-state index is -0.178. The van der Waals surface area contributed by atoms with Gasteiger partial charge in [-0.1, -0.05) is 27.7 Å². The van der Waals surface area contributed by atoms with Crippen molar-refractivity contribution in [3.63, 3.8) is 0 Å². The lowest BCUT2D eigenvalue weighted by Crippen LogP contribution is -2.37. The fourth-order valence-corrected chi connectivity index (χ4v) is 2.04. The Bertz CT molecular complexity index is 283. The first-order valence-corrected chi connectivity index (χ1v) is 7.84. The minimum Gasteiger partial charge on any atom is -0.471 e. The Balaban J connectivity index is 4.03. The number of hydrogen-bond acceptors (Lipinski definition) is 4. The maximum Gasteiger partial charge on any atom is 0.305 e. The molecule has 20 heavy (non-hydrogen) atoms. The highest BCUT2D eigenvalue weighted by atomic mass is 32.1. The number of rotatable bonds is 9. The van der Waals surface area contributed by atoms with E-state index >= 15 is 0 Å².